The molecule has 0 saturated heterocycles. The van der Waals surface area contributed by atoms with Crippen LogP contribution in [0.3, 0.4) is 0 Å². The molecule has 2 aromatic carbocycles. The number of anilines is 2. The summed E-state index contributed by atoms with van der Waals surface area (Å²) in [5, 5.41) is 9.94. The first-order chi connectivity index (χ1) is 17.7. The van der Waals surface area contributed by atoms with Crippen molar-refractivity contribution in [2.45, 2.75) is 19.4 Å². The minimum absolute atomic E-state index is 0.00332. The number of aromatic nitrogens is 1. The SMILES string of the molecule is COc1c(F)c(-c2ccc(F)c3sc(N)c(C#N)c23)c(Cl)c2c1C(=O)N(C(C)c1cccnc1N)CC2. The number of fused-ring (bicyclic) bond motifs is 2. The number of nitrogen functional groups attached to an aromatic ring is 2. The molecule has 0 bridgehead atoms. The molecule has 0 aliphatic carbocycles. The summed E-state index contributed by atoms with van der Waals surface area (Å²) in [5.41, 5.74) is 13.2. The van der Waals surface area contributed by atoms with Gasteiger partial charge >= 0.3 is 0 Å². The molecular weight excluding hydrogens is 520 g/mol. The Morgan fingerprint density at radius 2 is 2.03 bits per heavy atom. The fourth-order valence-corrected chi connectivity index (χ4v) is 6.24. The molecule has 188 valence electrons. The lowest BCUT2D eigenvalue weighted by atomic mass is 9.89. The molecule has 11 heteroatoms. The van der Waals surface area contributed by atoms with Gasteiger partial charge in [0.1, 0.15) is 22.7 Å². The predicted octanol–water partition coefficient (Wildman–Crippen LogP) is 5.70. The number of amides is 1. The number of ether oxygens (including phenoxy) is 1. The number of hydrogen-bond acceptors (Lipinski definition) is 7. The molecule has 0 spiro atoms. The summed E-state index contributed by atoms with van der Waals surface area (Å²) < 4.78 is 36.3. The van der Waals surface area contributed by atoms with E-state index < -0.39 is 23.6 Å². The molecule has 3 heterocycles. The number of rotatable bonds is 4. The van der Waals surface area contributed by atoms with Crippen molar-refractivity contribution in [3.05, 3.63) is 69.4 Å². The van der Waals surface area contributed by atoms with Crippen molar-refractivity contribution < 1.29 is 18.3 Å². The third-order valence-corrected chi connectivity index (χ3v) is 8.15. The molecule has 0 radical (unpaired) electrons. The predicted molar refractivity (Wildman–Crippen MR) is 140 cm³/mol. The third kappa shape index (κ3) is 3.65. The van der Waals surface area contributed by atoms with Gasteiger partial charge < -0.3 is 21.1 Å². The van der Waals surface area contributed by atoms with E-state index in [2.05, 4.69) is 4.98 Å². The Labute approximate surface area is 219 Å². The van der Waals surface area contributed by atoms with Crippen LogP contribution in [-0.2, 0) is 6.42 Å². The average Bonchev–Trinajstić information content (AvgIpc) is 3.23. The van der Waals surface area contributed by atoms with Crippen molar-refractivity contribution in [3.8, 4) is 22.9 Å². The maximum Gasteiger partial charge on any atom is 0.258 e. The van der Waals surface area contributed by atoms with Gasteiger partial charge in [-0.05, 0) is 36.6 Å². The topological polar surface area (TPSA) is 118 Å². The Kier molecular flexibility index (Phi) is 6.14. The van der Waals surface area contributed by atoms with Crippen LogP contribution in [0.2, 0.25) is 5.02 Å². The maximum atomic E-state index is 16.2. The molecular formula is C26H20ClF2N5O2S. The lowest BCUT2D eigenvalue weighted by Crippen LogP contribution is -2.40. The number of pyridine rings is 1. The van der Waals surface area contributed by atoms with Crippen LogP contribution in [0.15, 0.2) is 30.5 Å². The first-order valence-electron chi connectivity index (χ1n) is 11.2. The van der Waals surface area contributed by atoms with Gasteiger partial charge in [0, 0.05) is 29.3 Å². The zero-order valence-corrected chi connectivity index (χ0v) is 21.3. The smallest absolute Gasteiger partial charge is 0.258 e. The van der Waals surface area contributed by atoms with E-state index in [0.29, 0.717) is 23.4 Å². The molecule has 1 atom stereocenters. The average molecular weight is 540 g/mol. The van der Waals surface area contributed by atoms with E-state index in [1.54, 1.807) is 23.2 Å². The van der Waals surface area contributed by atoms with Crippen molar-refractivity contribution in [2.75, 3.05) is 25.1 Å². The molecule has 4 N–H and O–H groups in total. The van der Waals surface area contributed by atoms with Gasteiger partial charge in [0.15, 0.2) is 11.6 Å². The summed E-state index contributed by atoms with van der Waals surface area (Å²) in [6, 6.07) is 7.57. The highest BCUT2D eigenvalue weighted by Crippen LogP contribution is 2.48. The lowest BCUT2D eigenvalue weighted by Gasteiger charge is -2.35. The number of nitriles is 1. The van der Waals surface area contributed by atoms with Crippen LogP contribution in [0.1, 0.15) is 40.0 Å². The Morgan fingerprint density at radius 3 is 2.70 bits per heavy atom. The van der Waals surface area contributed by atoms with E-state index in [1.165, 1.54) is 19.2 Å². The standard InChI is InChI=1S/C26H20ClF2N5O2S/c1-11(12-4-3-8-33-24(12)31)34-9-7-14-19(26(34)35)22(36-2)21(29)18(20(14)27)13-5-6-16(28)23-17(13)15(10-30)25(32)37-23/h3-6,8,11H,7,9,32H2,1-2H3,(H2,31,33). The second-order valence-corrected chi connectivity index (χ2v) is 9.97. The van der Waals surface area contributed by atoms with Gasteiger partial charge in [-0.2, -0.15) is 5.26 Å². The molecule has 2 aromatic heterocycles. The second-order valence-electron chi connectivity index (χ2n) is 8.54. The number of methoxy groups -OCH3 is 1. The number of nitrogens with zero attached hydrogens (tertiary/aromatic N) is 3. The van der Waals surface area contributed by atoms with E-state index in [9.17, 15) is 14.4 Å². The number of thiophene rings is 1. The summed E-state index contributed by atoms with van der Waals surface area (Å²) in [6.07, 6.45) is 1.86. The van der Waals surface area contributed by atoms with E-state index in [0.717, 1.165) is 11.3 Å². The number of benzene rings is 2. The first-order valence-corrected chi connectivity index (χ1v) is 12.4. The molecule has 1 aliphatic heterocycles. The summed E-state index contributed by atoms with van der Waals surface area (Å²) in [4.78, 5) is 19.3. The van der Waals surface area contributed by atoms with Gasteiger partial charge in [0.2, 0.25) is 0 Å². The number of nitrogens with two attached hydrogens (primary N) is 2. The number of halogens is 3. The first kappa shape index (κ1) is 24.7. The summed E-state index contributed by atoms with van der Waals surface area (Å²) >= 11 is 7.67. The van der Waals surface area contributed by atoms with Gasteiger partial charge in [-0.25, -0.2) is 13.8 Å². The fourth-order valence-electron chi connectivity index (χ4n) is 4.91. The lowest BCUT2D eigenvalue weighted by molar-refractivity contribution is 0.0668. The molecule has 7 nitrogen and oxygen atoms in total. The molecule has 1 aliphatic rings. The van der Waals surface area contributed by atoms with Crippen LogP contribution >= 0.6 is 22.9 Å². The molecule has 0 saturated carbocycles. The monoisotopic (exact) mass is 539 g/mol. The summed E-state index contributed by atoms with van der Waals surface area (Å²) in [6.45, 7) is 2.09. The van der Waals surface area contributed by atoms with Crippen LogP contribution in [0.5, 0.6) is 5.75 Å². The molecule has 4 aromatic rings. The van der Waals surface area contributed by atoms with Crippen LogP contribution in [0.25, 0.3) is 21.2 Å². The summed E-state index contributed by atoms with van der Waals surface area (Å²) in [7, 11) is 1.26. The number of hydrogen-bond donors (Lipinski definition) is 2. The second kappa shape index (κ2) is 9.18. The van der Waals surface area contributed by atoms with Crippen LogP contribution in [-0.4, -0.2) is 29.4 Å². The normalized spacial score (nSPS) is 13.9. The maximum absolute atomic E-state index is 16.2. The Hall–Kier alpha value is -3.94. The molecule has 1 amide bonds. The van der Waals surface area contributed by atoms with Gasteiger partial charge in [-0.3, -0.25) is 4.79 Å². The van der Waals surface area contributed by atoms with Gasteiger partial charge in [-0.1, -0.05) is 23.7 Å². The highest BCUT2D eigenvalue weighted by atomic mass is 35.5. The van der Waals surface area contributed by atoms with E-state index in [4.69, 9.17) is 27.8 Å². The molecule has 5 rings (SSSR count). The number of carbonyl (C=O) groups is 1. The van der Waals surface area contributed by atoms with E-state index in [1.807, 2.05) is 13.0 Å². The minimum Gasteiger partial charge on any atom is -0.493 e. The van der Waals surface area contributed by atoms with Crippen LogP contribution in [0.4, 0.5) is 19.6 Å². The van der Waals surface area contributed by atoms with E-state index in [-0.39, 0.29) is 54.7 Å². The van der Waals surface area contributed by atoms with Crippen molar-refractivity contribution in [1.29, 1.82) is 5.26 Å². The quantitative estimate of drug-likeness (QED) is 0.343. The van der Waals surface area contributed by atoms with Crippen LogP contribution < -0.4 is 16.2 Å². The third-order valence-electron chi connectivity index (χ3n) is 6.70. The van der Waals surface area contributed by atoms with Gasteiger partial charge in [-0.15, -0.1) is 11.3 Å². The molecule has 1 unspecified atom stereocenters. The van der Waals surface area contributed by atoms with Crippen molar-refractivity contribution >= 4 is 49.7 Å². The van der Waals surface area contributed by atoms with Gasteiger partial charge in [0.25, 0.3) is 5.91 Å². The van der Waals surface area contributed by atoms with Crippen molar-refractivity contribution in [3.63, 3.8) is 0 Å². The van der Waals surface area contributed by atoms with Gasteiger partial charge in [0.05, 0.1) is 34.0 Å². The zero-order chi connectivity index (χ0) is 26.6. The van der Waals surface area contributed by atoms with Crippen molar-refractivity contribution in [1.82, 2.24) is 9.88 Å². The van der Waals surface area contributed by atoms with Crippen LogP contribution in [0, 0.1) is 23.0 Å². The Morgan fingerprint density at radius 1 is 1.27 bits per heavy atom. The highest BCUT2D eigenvalue weighted by Gasteiger charge is 2.37. The largest absolute Gasteiger partial charge is 0.493 e. The highest BCUT2D eigenvalue weighted by molar-refractivity contribution is 7.23. The number of carbonyl (C=O) groups excluding carboxylic acids is 1. The van der Waals surface area contributed by atoms with Crippen molar-refractivity contribution in [2.24, 2.45) is 0 Å². The fraction of sp³-hybridized carbons (Fsp3) is 0.192. The molecule has 37 heavy (non-hydrogen) atoms. The zero-order valence-electron chi connectivity index (χ0n) is 19.7. The minimum atomic E-state index is -0.892. The Bertz CT molecular complexity index is 1630. The van der Waals surface area contributed by atoms with E-state index >= 15 is 4.39 Å². The Balaban J connectivity index is 1.72. The molecule has 0 fully saturated rings. The summed E-state index contributed by atoms with van der Waals surface area (Å²) in [5.74, 6) is -1.94.